The Bertz CT molecular complexity index is 339. The van der Waals surface area contributed by atoms with E-state index in [9.17, 15) is 13.6 Å². The van der Waals surface area contributed by atoms with E-state index in [1.165, 1.54) is 12.1 Å². The number of rotatable bonds is 3. The third-order valence-corrected chi connectivity index (χ3v) is 1.75. The van der Waals surface area contributed by atoms with E-state index in [0.29, 0.717) is 0 Å². The van der Waals surface area contributed by atoms with E-state index in [-0.39, 0.29) is 12.1 Å². The fourth-order valence-corrected chi connectivity index (χ4v) is 1.06. The van der Waals surface area contributed by atoms with Gasteiger partial charge in [0.1, 0.15) is 12.5 Å². The van der Waals surface area contributed by atoms with Crippen LogP contribution < -0.4 is 5.32 Å². The molecule has 1 rings (SSSR count). The molecular formula is C10H11F2NO. The number of carbonyl (C=O) groups excluding carboxylic acids is 1. The van der Waals surface area contributed by atoms with Crippen molar-refractivity contribution in [3.05, 3.63) is 35.1 Å². The van der Waals surface area contributed by atoms with Crippen molar-refractivity contribution in [1.29, 1.82) is 0 Å². The van der Waals surface area contributed by atoms with Crippen LogP contribution in [0.3, 0.4) is 0 Å². The van der Waals surface area contributed by atoms with Crippen LogP contribution in [0, 0.1) is 12.7 Å². The van der Waals surface area contributed by atoms with Crippen LogP contribution in [0.15, 0.2) is 18.2 Å². The summed E-state index contributed by atoms with van der Waals surface area (Å²) < 4.78 is 24.9. The summed E-state index contributed by atoms with van der Waals surface area (Å²) in [5, 5.41) is 2.25. The van der Waals surface area contributed by atoms with E-state index < -0.39 is 18.4 Å². The van der Waals surface area contributed by atoms with Crippen LogP contribution in [-0.2, 0) is 0 Å². The number of hydrogen-bond donors (Lipinski definition) is 1. The van der Waals surface area contributed by atoms with Crippen molar-refractivity contribution in [2.24, 2.45) is 0 Å². The van der Waals surface area contributed by atoms with E-state index in [4.69, 9.17) is 0 Å². The number of hydrogen-bond acceptors (Lipinski definition) is 1. The van der Waals surface area contributed by atoms with Gasteiger partial charge in [-0.3, -0.25) is 4.79 Å². The van der Waals surface area contributed by atoms with Gasteiger partial charge < -0.3 is 5.32 Å². The van der Waals surface area contributed by atoms with Crippen molar-refractivity contribution in [2.75, 3.05) is 13.2 Å². The lowest BCUT2D eigenvalue weighted by atomic mass is 10.1. The molecule has 0 aliphatic carbocycles. The molecule has 0 aliphatic rings. The van der Waals surface area contributed by atoms with Crippen molar-refractivity contribution < 1.29 is 13.6 Å². The molecule has 1 aromatic carbocycles. The number of aryl methyl sites for hydroxylation is 1. The van der Waals surface area contributed by atoms with Gasteiger partial charge in [-0.25, -0.2) is 8.78 Å². The van der Waals surface area contributed by atoms with Crippen molar-refractivity contribution in [3.8, 4) is 0 Å². The van der Waals surface area contributed by atoms with Crippen LogP contribution in [0.2, 0.25) is 0 Å². The number of carbonyl (C=O) groups is 1. The first-order valence-corrected chi connectivity index (χ1v) is 4.25. The van der Waals surface area contributed by atoms with Crippen LogP contribution >= 0.6 is 0 Å². The van der Waals surface area contributed by atoms with E-state index in [1.807, 2.05) is 0 Å². The number of benzene rings is 1. The Morgan fingerprint density at radius 2 is 2.21 bits per heavy atom. The summed E-state index contributed by atoms with van der Waals surface area (Å²) in [5.74, 6) is -1.17. The molecule has 0 radical (unpaired) electrons. The number of halogens is 2. The van der Waals surface area contributed by atoms with Crippen molar-refractivity contribution in [1.82, 2.24) is 5.32 Å². The molecule has 2 nitrogen and oxygen atoms in total. The summed E-state index contributed by atoms with van der Waals surface area (Å²) in [6, 6.07) is 4.29. The molecular weight excluding hydrogens is 188 g/mol. The fourth-order valence-electron chi connectivity index (χ4n) is 1.06. The maximum atomic E-state index is 13.2. The Morgan fingerprint density at radius 1 is 1.50 bits per heavy atom. The quantitative estimate of drug-likeness (QED) is 0.790. The molecule has 0 aliphatic heterocycles. The van der Waals surface area contributed by atoms with Crippen molar-refractivity contribution in [2.45, 2.75) is 6.92 Å². The highest BCUT2D eigenvalue weighted by molar-refractivity contribution is 5.94. The molecule has 0 heterocycles. The highest BCUT2D eigenvalue weighted by Crippen LogP contribution is 2.09. The topological polar surface area (TPSA) is 29.1 Å². The minimum absolute atomic E-state index is 0.0518. The first-order valence-electron chi connectivity index (χ1n) is 4.25. The molecule has 1 aromatic rings. The van der Waals surface area contributed by atoms with Gasteiger partial charge in [0, 0.05) is 6.54 Å². The third-order valence-electron chi connectivity index (χ3n) is 1.75. The monoisotopic (exact) mass is 199 g/mol. The number of nitrogens with one attached hydrogen (secondary N) is 1. The summed E-state index contributed by atoms with van der Waals surface area (Å²) in [6.07, 6.45) is 0. The van der Waals surface area contributed by atoms with Gasteiger partial charge in [0.15, 0.2) is 0 Å². The van der Waals surface area contributed by atoms with E-state index >= 15 is 0 Å². The van der Waals surface area contributed by atoms with E-state index in [1.54, 1.807) is 13.0 Å². The molecule has 0 spiro atoms. The summed E-state index contributed by atoms with van der Waals surface area (Å²) in [5.41, 5.74) is 0.689. The zero-order valence-corrected chi connectivity index (χ0v) is 7.81. The summed E-state index contributed by atoms with van der Waals surface area (Å²) in [4.78, 5) is 11.2. The summed E-state index contributed by atoms with van der Waals surface area (Å²) >= 11 is 0. The SMILES string of the molecule is Cc1ccc(C(=O)NCCF)c(F)c1. The van der Waals surface area contributed by atoms with Crippen molar-refractivity contribution in [3.63, 3.8) is 0 Å². The average Bonchev–Trinajstić information content (AvgIpc) is 2.14. The van der Waals surface area contributed by atoms with Gasteiger partial charge in [0.25, 0.3) is 5.91 Å². The number of amides is 1. The van der Waals surface area contributed by atoms with Gasteiger partial charge in [-0.1, -0.05) is 6.07 Å². The number of alkyl halides is 1. The smallest absolute Gasteiger partial charge is 0.254 e. The highest BCUT2D eigenvalue weighted by atomic mass is 19.1. The predicted octanol–water partition coefficient (Wildman–Crippen LogP) is 1.83. The van der Waals surface area contributed by atoms with Crippen LogP contribution in [-0.4, -0.2) is 19.1 Å². The normalized spacial score (nSPS) is 9.93. The maximum absolute atomic E-state index is 13.2. The summed E-state index contributed by atoms with van der Waals surface area (Å²) in [6.45, 7) is 0.984. The molecule has 14 heavy (non-hydrogen) atoms. The Kier molecular flexibility index (Phi) is 3.56. The Morgan fingerprint density at radius 3 is 2.79 bits per heavy atom. The lowest BCUT2D eigenvalue weighted by Crippen LogP contribution is -2.26. The lowest BCUT2D eigenvalue weighted by molar-refractivity contribution is 0.0947. The third kappa shape index (κ3) is 2.52. The second-order valence-electron chi connectivity index (χ2n) is 2.93. The Balaban J connectivity index is 2.80. The van der Waals surface area contributed by atoms with Gasteiger partial charge >= 0.3 is 0 Å². The largest absolute Gasteiger partial charge is 0.349 e. The molecule has 0 unspecified atom stereocenters. The second kappa shape index (κ2) is 4.69. The Hall–Kier alpha value is -1.45. The molecule has 1 amide bonds. The lowest BCUT2D eigenvalue weighted by Gasteiger charge is -2.04. The van der Waals surface area contributed by atoms with Gasteiger partial charge in [-0.05, 0) is 24.6 Å². The fraction of sp³-hybridized carbons (Fsp3) is 0.300. The van der Waals surface area contributed by atoms with Gasteiger partial charge in [0.05, 0.1) is 5.56 Å². The van der Waals surface area contributed by atoms with Crippen LogP contribution in [0.1, 0.15) is 15.9 Å². The van der Waals surface area contributed by atoms with Gasteiger partial charge in [-0.2, -0.15) is 0 Å². The van der Waals surface area contributed by atoms with Gasteiger partial charge in [-0.15, -0.1) is 0 Å². The minimum Gasteiger partial charge on any atom is -0.349 e. The van der Waals surface area contributed by atoms with Crippen LogP contribution in [0.5, 0.6) is 0 Å². The van der Waals surface area contributed by atoms with Crippen molar-refractivity contribution >= 4 is 5.91 Å². The molecule has 76 valence electrons. The van der Waals surface area contributed by atoms with Crippen LogP contribution in [0.25, 0.3) is 0 Å². The molecule has 0 saturated carbocycles. The molecule has 0 saturated heterocycles. The maximum Gasteiger partial charge on any atom is 0.254 e. The minimum atomic E-state index is -0.654. The van der Waals surface area contributed by atoms with Crippen LogP contribution in [0.4, 0.5) is 8.78 Å². The van der Waals surface area contributed by atoms with Gasteiger partial charge in [0.2, 0.25) is 0 Å². The molecule has 0 atom stereocenters. The molecule has 0 aromatic heterocycles. The average molecular weight is 199 g/mol. The second-order valence-corrected chi connectivity index (χ2v) is 2.93. The predicted molar refractivity (Wildman–Crippen MR) is 49.4 cm³/mol. The Labute approximate surface area is 80.9 Å². The standard InChI is InChI=1S/C10H11F2NO/c1-7-2-3-8(9(12)6-7)10(14)13-5-4-11/h2-3,6H,4-5H2,1H3,(H,13,14). The highest BCUT2D eigenvalue weighted by Gasteiger charge is 2.10. The van der Waals surface area contributed by atoms with E-state index in [2.05, 4.69) is 5.32 Å². The first-order chi connectivity index (χ1) is 6.65. The molecule has 0 bridgehead atoms. The van der Waals surface area contributed by atoms with E-state index in [0.717, 1.165) is 5.56 Å². The zero-order chi connectivity index (χ0) is 10.6. The first kappa shape index (κ1) is 10.6. The molecule has 1 N–H and O–H groups in total. The molecule has 0 fully saturated rings. The summed E-state index contributed by atoms with van der Waals surface area (Å²) in [7, 11) is 0. The zero-order valence-electron chi connectivity index (χ0n) is 7.81. The molecule has 4 heteroatoms.